The van der Waals surface area contributed by atoms with E-state index in [4.69, 9.17) is 15.5 Å². The highest BCUT2D eigenvalue weighted by Crippen LogP contribution is 2.27. The predicted molar refractivity (Wildman–Crippen MR) is 107 cm³/mol. The number of aryl methyl sites for hydroxylation is 3. The number of rotatable bonds is 6. The molecule has 2 heterocycles. The molecule has 4 rings (SSSR count). The Labute approximate surface area is 155 Å². The standard InChI is InChI=1S/C22H27N3O/c1-15(2)9-11-25-20-6-5-18(23)14-19(20)24-22(25)8-4-16-3-7-21-17(13-16)10-12-26-21/h3,5-7,13-15H,4,8-12,23H2,1-2H3. The first kappa shape index (κ1) is 17.0. The normalized spacial score (nSPS) is 13.3. The smallest absolute Gasteiger partial charge is 0.122 e. The van der Waals surface area contributed by atoms with Crippen LogP contribution in [0.3, 0.4) is 0 Å². The number of nitrogen functional groups attached to an aromatic ring is 1. The Kier molecular flexibility index (Phi) is 4.58. The number of nitrogens with two attached hydrogens (primary N) is 1. The fourth-order valence-corrected chi connectivity index (χ4v) is 3.68. The van der Waals surface area contributed by atoms with E-state index in [9.17, 15) is 0 Å². The van der Waals surface area contributed by atoms with Crippen molar-refractivity contribution in [1.29, 1.82) is 0 Å². The molecule has 1 aliphatic rings. The number of ether oxygens (including phenoxy) is 1. The van der Waals surface area contributed by atoms with Crippen LogP contribution in [-0.4, -0.2) is 16.2 Å². The minimum Gasteiger partial charge on any atom is -0.493 e. The van der Waals surface area contributed by atoms with Gasteiger partial charge in [-0.25, -0.2) is 4.98 Å². The van der Waals surface area contributed by atoms with E-state index in [2.05, 4.69) is 42.7 Å². The van der Waals surface area contributed by atoms with E-state index in [-0.39, 0.29) is 0 Å². The van der Waals surface area contributed by atoms with Crippen LogP contribution in [-0.2, 0) is 25.8 Å². The molecule has 2 N–H and O–H groups in total. The number of fused-ring (bicyclic) bond motifs is 2. The lowest BCUT2D eigenvalue weighted by atomic mass is 10.0. The van der Waals surface area contributed by atoms with Gasteiger partial charge in [0.05, 0.1) is 17.6 Å². The average molecular weight is 349 g/mol. The van der Waals surface area contributed by atoms with Crippen LogP contribution in [0.15, 0.2) is 36.4 Å². The van der Waals surface area contributed by atoms with Crippen LogP contribution in [0.1, 0.15) is 37.2 Å². The van der Waals surface area contributed by atoms with Crippen molar-refractivity contribution in [1.82, 2.24) is 9.55 Å². The lowest BCUT2D eigenvalue weighted by Crippen LogP contribution is -2.07. The molecular formula is C22H27N3O. The molecular weight excluding hydrogens is 322 g/mol. The third kappa shape index (κ3) is 3.41. The summed E-state index contributed by atoms with van der Waals surface area (Å²) in [5.41, 5.74) is 11.6. The van der Waals surface area contributed by atoms with Crippen LogP contribution in [0.5, 0.6) is 5.75 Å². The molecule has 4 heteroatoms. The molecule has 26 heavy (non-hydrogen) atoms. The van der Waals surface area contributed by atoms with Crippen LogP contribution >= 0.6 is 0 Å². The fraction of sp³-hybridized carbons (Fsp3) is 0.409. The molecule has 0 amide bonds. The van der Waals surface area contributed by atoms with Crippen molar-refractivity contribution >= 4 is 16.7 Å². The predicted octanol–water partition coefficient (Wildman–Crippen LogP) is 4.38. The molecule has 0 saturated heterocycles. The number of aromatic nitrogens is 2. The molecule has 0 saturated carbocycles. The van der Waals surface area contributed by atoms with Gasteiger partial charge in [-0.3, -0.25) is 0 Å². The number of hydrogen-bond donors (Lipinski definition) is 1. The molecule has 4 nitrogen and oxygen atoms in total. The van der Waals surface area contributed by atoms with Gasteiger partial charge in [0.25, 0.3) is 0 Å². The topological polar surface area (TPSA) is 53.1 Å². The highest BCUT2D eigenvalue weighted by atomic mass is 16.5. The van der Waals surface area contributed by atoms with Crippen molar-refractivity contribution in [2.75, 3.05) is 12.3 Å². The van der Waals surface area contributed by atoms with Crippen molar-refractivity contribution in [3.63, 3.8) is 0 Å². The Morgan fingerprint density at radius 1 is 1.15 bits per heavy atom. The molecule has 2 aromatic carbocycles. The van der Waals surface area contributed by atoms with E-state index in [1.54, 1.807) is 0 Å². The van der Waals surface area contributed by atoms with Crippen LogP contribution in [0.4, 0.5) is 5.69 Å². The number of hydrogen-bond acceptors (Lipinski definition) is 3. The minimum atomic E-state index is 0.672. The zero-order valence-electron chi connectivity index (χ0n) is 15.7. The van der Waals surface area contributed by atoms with Crippen molar-refractivity contribution < 1.29 is 4.74 Å². The molecule has 1 aromatic heterocycles. The quantitative estimate of drug-likeness (QED) is 0.672. The molecule has 0 unspecified atom stereocenters. The van der Waals surface area contributed by atoms with E-state index in [1.165, 1.54) is 16.6 Å². The Bertz CT molecular complexity index is 927. The Hall–Kier alpha value is -2.49. The molecule has 136 valence electrons. The molecule has 0 bridgehead atoms. The van der Waals surface area contributed by atoms with E-state index in [0.717, 1.165) is 61.6 Å². The van der Waals surface area contributed by atoms with Crippen LogP contribution in [0.25, 0.3) is 11.0 Å². The van der Waals surface area contributed by atoms with E-state index in [1.807, 2.05) is 12.1 Å². The van der Waals surface area contributed by atoms with Gasteiger partial charge in [0.1, 0.15) is 11.6 Å². The zero-order chi connectivity index (χ0) is 18.1. The molecule has 0 fully saturated rings. The average Bonchev–Trinajstić information content (AvgIpc) is 3.21. The summed E-state index contributed by atoms with van der Waals surface area (Å²) < 4.78 is 7.99. The van der Waals surface area contributed by atoms with Crippen LogP contribution in [0, 0.1) is 5.92 Å². The van der Waals surface area contributed by atoms with Gasteiger partial charge < -0.3 is 15.0 Å². The van der Waals surface area contributed by atoms with Gasteiger partial charge in [-0.1, -0.05) is 26.0 Å². The Morgan fingerprint density at radius 2 is 2.04 bits per heavy atom. The second-order valence-electron chi connectivity index (χ2n) is 7.65. The van der Waals surface area contributed by atoms with Crippen molar-refractivity contribution in [2.45, 2.75) is 46.1 Å². The summed E-state index contributed by atoms with van der Waals surface area (Å²) in [5, 5.41) is 0. The van der Waals surface area contributed by atoms with E-state index < -0.39 is 0 Å². The zero-order valence-corrected chi connectivity index (χ0v) is 15.7. The maximum atomic E-state index is 5.96. The van der Waals surface area contributed by atoms with Gasteiger partial charge in [-0.2, -0.15) is 0 Å². The SMILES string of the molecule is CC(C)CCn1c(CCc2ccc3c(c2)CCO3)nc2cc(N)ccc21. The van der Waals surface area contributed by atoms with Crippen molar-refractivity contribution in [2.24, 2.45) is 5.92 Å². The first-order valence-corrected chi connectivity index (χ1v) is 9.59. The maximum Gasteiger partial charge on any atom is 0.122 e. The van der Waals surface area contributed by atoms with Gasteiger partial charge in [0, 0.05) is 25.1 Å². The summed E-state index contributed by atoms with van der Waals surface area (Å²) in [6.45, 7) is 6.35. The Morgan fingerprint density at radius 3 is 2.88 bits per heavy atom. The van der Waals surface area contributed by atoms with Gasteiger partial charge >= 0.3 is 0 Å². The molecule has 3 aromatic rings. The van der Waals surface area contributed by atoms with E-state index >= 15 is 0 Å². The Balaban J connectivity index is 1.59. The lowest BCUT2D eigenvalue weighted by Gasteiger charge is -2.11. The highest BCUT2D eigenvalue weighted by Gasteiger charge is 2.14. The van der Waals surface area contributed by atoms with Crippen LogP contribution < -0.4 is 10.5 Å². The fourth-order valence-electron chi connectivity index (χ4n) is 3.68. The van der Waals surface area contributed by atoms with Gasteiger partial charge in [-0.05, 0) is 54.2 Å². The number of imidazole rings is 1. The summed E-state index contributed by atoms with van der Waals surface area (Å²) >= 11 is 0. The van der Waals surface area contributed by atoms with Crippen molar-refractivity contribution in [3.8, 4) is 5.75 Å². The highest BCUT2D eigenvalue weighted by molar-refractivity contribution is 5.79. The van der Waals surface area contributed by atoms with E-state index in [0.29, 0.717) is 5.92 Å². The molecule has 0 radical (unpaired) electrons. The summed E-state index contributed by atoms with van der Waals surface area (Å²) in [6.07, 6.45) is 4.11. The minimum absolute atomic E-state index is 0.672. The largest absolute Gasteiger partial charge is 0.493 e. The molecule has 1 aliphatic heterocycles. The number of anilines is 1. The van der Waals surface area contributed by atoms with Crippen LogP contribution in [0.2, 0.25) is 0 Å². The number of benzene rings is 2. The lowest BCUT2D eigenvalue weighted by molar-refractivity contribution is 0.357. The first-order chi connectivity index (χ1) is 12.6. The summed E-state index contributed by atoms with van der Waals surface area (Å²) in [5.74, 6) is 2.88. The second kappa shape index (κ2) is 7.02. The number of nitrogens with zero attached hydrogens (tertiary/aromatic N) is 2. The van der Waals surface area contributed by atoms with Crippen molar-refractivity contribution in [3.05, 3.63) is 53.3 Å². The first-order valence-electron chi connectivity index (χ1n) is 9.59. The van der Waals surface area contributed by atoms with Gasteiger partial charge in [0.15, 0.2) is 0 Å². The molecule has 0 atom stereocenters. The third-order valence-corrected chi connectivity index (χ3v) is 5.17. The monoisotopic (exact) mass is 349 g/mol. The summed E-state index contributed by atoms with van der Waals surface area (Å²) in [6, 6.07) is 12.6. The third-order valence-electron chi connectivity index (χ3n) is 5.17. The molecule has 0 spiro atoms. The summed E-state index contributed by atoms with van der Waals surface area (Å²) in [7, 11) is 0. The van der Waals surface area contributed by atoms with Gasteiger partial charge in [0.2, 0.25) is 0 Å². The van der Waals surface area contributed by atoms with Gasteiger partial charge in [-0.15, -0.1) is 0 Å². The second-order valence-corrected chi connectivity index (χ2v) is 7.65. The summed E-state index contributed by atoms with van der Waals surface area (Å²) in [4.78, 5) is 4.90. The maximum absolute atomic E-state index is 5.96. The molecule has 0 aliphatic carbocycles.